The summed E-state index contributed by atoms with van der Waals surface area (Å²) in [6.45, 7) is 4.00. The van der Waals surface area contributed by atoms with Crippen LogP contribution < -0.4 is 0 Å². The lowest BCUT2D eigenvalue weighted by molar-refractivity contribution is 0.0824. The molecule has 1 heterocycles. The minimum absolute atomic E-state index is 0.00236. The van der Waals surface area contributed by atoms with E-state index in [4.69, 9.17) is 0 Å². The molecule has 1 aromatic rings. The molecule has 0 aliphatic heterocycles. The van der Waals surface area contributed by atoms with E-state index in [1.807, 2.05) is 26.2 Å². The smallest absolute Gasteiger partial charge is 0.256 e. The van der Waals surface area contributed by atoms with Gasteiger partial charge in [-0.05, 0) is 12.3 Å². The summed E-state index contributed by atoms with van der Waals surface area (Å²) >= 11 is 1.55. The van der Waals surface area contributed by atoms with Gasteiger partial charge in [0.25, 0.3) is 5.91 Å². The molecule has 0 aliphatic rings. The number of rotatable bonds is 2. The van der Waals surface area contributed by atoms with Crippen LogP contribution in [0.2, 0.25) is 0 Å². The van der Waals surface area contributed by atoms with Crippen molar-refractivity contribution in [2.24, 2.45) is 0 Å². The molecule has 1 aromatic heterocycles. The van der Waals surface area contributed by atoms with Gasteiger partial charge in [-0.1, -0.05) is 13.8 Å². The molecule has 0 saturated carbocycles. The molecule has 4 heteroatoms. The highest BCUT2D eigenvalue weighted by Gasteiger charge is 2.11. The van der Waals surface area contributed by atoms with E-state index in [1.165, 1.54) is 0 Å². The van der Waals surface area contributed by atoms with Crippen LogP contribution in [0.3, 0.4) is 0 Å². The molecule has 0 atom stereocenters. The highest BCUT2D eigenvalue weighted by atomic mass is 32.2. The third-order valence-corrected chi connectivity index (χ3v) is 2.43. The summed E-state index contributed by atoms with van der Waals surface area (Å²) in [6.07, 6.45) is 5.24. The maximum Gasteiger partial charge on any atom is 0.256 e. The van der Waals surface area contributed by atoms with Crippen LogP contribution in [0.15, 0.2) is 23.4 Å². The van der Waals surface area contributed by atoms with Gasteiger partial charge >= 0.3 is 0 Å². The number of carbonyl (C=O) groups is 1. The van der Waals surface area contributed by atoms with Gasteiger partial charge in [-0.15, -0.1) is 11.8 Å². The lowest BCUT2D eigenvalue weighted by atomic mass is 10.2. The molecule has 1 amide bonds. The van der Waals surface area contributed by atoms with Crippen LogP contribution in [0.1, 0.15) is 24.2 Å². The Kier molecular flexibility index (Phi) is 6.79. The van der Waals surface area contributed by atoms with E-state index < -0.39 is 0 Å². The van der Waals surface area contributed by atoms with E-state index in [0.717, 1.165) is 4.90 Å². The molecule has 0 fully saturated rings. The van der Waals surface area contributed by atoms with Crippen LogP contribution in [-0.4, -0.2) is 36.1 Å². The van der Waals surface area contributed by atoms with Gasteiger partial charge in [0.2, 0.25) is 0 Å². The first-order chi connectivity index (χ1) is 7.16. The monoisotopic (exact) mass is 226 g/mol. The van der Waals surface area contributed by atoms with Crippen molar-refractivity contribution in [3.8, 4) is 0 Å². The molecule has 0 bridgehead atoms. The summed E-state index contributed by atoms with van der Waals surface area (Å²) in [5.41, 5.74) is 0.667. The molecule has 0 radical (unpaired) electrons. The zero-order valence-electron chi connectivity index (χ0n) is 9.94. The van der Waals surface area contributed by atoms with Gasteiger partial charge < -0.3 is 4.90 Å². The summed E-state index contributed by atoms with van der Waals surface area (Å²) in [7, 11) is 3.47. The summed E-state index contributed by atoms with van der Waals surface area (Å²) in [6, 6.07) is 1.85. The number of nitrogens with zero attached hydrogens (tertiary/aromatic N) is 2. The third kappa shape index (κ3) is 3.91. The van der Waals surface area contributed by atoms with Crippen molar-refractivity contribution < 1.29 is 4.79 Å². The van der Waals surface area contributed by atoms with E-state index in [0.29, 0.717) is 5.56 Å². The largest absolute Gasteiger partial charge is 0.345 e. The Morgan fingerprint density at radius 2 is 2.00 bits per heavy atom. The first kappa shape index (κ1) is 14.0. The van der Waals surface area contributed by atoms with Gasteiger partial charge in [-0.2, -0.15) is 0 Å². The molecule has 15 heavy (non-hydrogen) atoms. The van der Waals surface area contributed by atoms with Crippen molar-refractivity contribution in [3.05, 3.63) is 24.0 Å². The highest BCUT2D eigenvalue weighted by molar-refractivity contribution is 7.98. The van der Waals surface area contributed by atoms with Gasteiger partial charge in [0.1, 0.15) is 0 Å². The summed E-state index contributed by atoms with van der Waals surface area (Å²) < 4.78 is 0. The van der Waals surface area contributed by atoms with Gasteiger partial charge in [-0.25, -0.2) is 0 Å². The molecule has 84 valence electrons. The van der Waals surface area contributed by atoms with E-state index in [1.54, 1.807) is 43.2 Å². The van der Waals surface area contributed by atoms with Crippen molar-refractivity contribution >= 4 is 17.7 Å². The predicted octanol–water partition coefficient (Wildman–Crippen LogP) is 2.53. The topological polar surface area (TPSA) is 33.2 Å². The molecule has 0 unspecified atom stereocenters. The molecular weight excluding hydrogens is 208 g/mol. The van der Waals surface area contributed by atoms with E-state index in [9.17, 15) is 4.79 Å². The van der Waals surface area contributed by atoms with Gasteiger partial charge in [0, 0.05) is 31.4 Å². The molecular formula is C11H18N2OS. The van der Waals surface area contributed by atoms with Crippen molar-refractivity contribution in [2.45, 2.75) is 18.7 Å². The fraction of sp³-hybridized carbons (Fsp3) is 0.455. The number of amides is 1. The second-order valence-electron chi connectivity index (χ2n) is 2.78. The Morgan fingerprint density at radius 1 is 1.40 bits per heavy atom. The van der Waals surface area contributed by atoms with E-state index in [2.05, 4.69) is 4.98 Å². The highest BCUT2D eigenvalue weighted by Crippen LogP contribution is 2.19. The average molecular weight is 226 g/mol. The Balaban J connectivity index is 0.000000921. The second-order valence-corrected chi connectivity index (χ2v) is 3.62. The van der Waals surface area contributed by atoms with Crippen LogP contribution in [0.5, 0.6) is 0 Å². The standard InChI is InChI=1S/C9H12N2OS.C2H6/c1-11(2)9(12)7-6-10-5-4-8(7)13-3;1-2/h4-6H,1-3H3;1-2H3. The van der Waals surface area contributed by atoms with Crippen molar-refractivity contribution in [1.82, 2.24) is 9.88 Å². The fourth-order valence-electron chi connectivity index (χ4n) is 0.961. The SMILES string of the molecule is CC.CSc1ccncc1C(=O)N(C)C. The van der Waals surface area contributed by atoms with E-state index >= 15 is 0 Å². The fourth-order valence-corrected chi connectivity index (χ4v) is 1.52. The summed E-state index contributed by atoms with van der Waals surface area (Å²) in [5, 5.41) is 0. The Morgan fingerprint density at radius 3 is 2.47 bits per heavy atom. The lowest BCUT2D eigenvalue weighted by Gasteiger charge is -2.11. The normalized spacial score (nSPS) is 8.87. The maximum absolute atomic E-state index is 11.6. The number of hydrogen-bond acceptors (Lipinski definition) is 3. The second kappa shape index (κ2) is 7.29. The first-order valence-electron chi connectivity index (χ1n) is 4.86. The van der Waals surface area contributed by atoms with Gasteiger partial charge in [0.15, 0.2) is 0 Å². The number of thioether (sulfide) groups is 1. The Labute approximate surface area is 95.9 Å². The maximum atomic E-state index is 11.6. The van der Waals surface area contributed by atoms with Crippen LogP contribution in [0, 0.1) is 0 Å². The first-order valence-corrected chi connectivity index (χ1v) is 6.09. The van der Waals surface area contributed by atoms with Crippen LogP contribution in [0.25, 0.3) is 0 Å². The predicted molar refractivity (Wildman–Crippen MR) is 65.4 cm³/mol. The summed E-state index contributed by atoms with van der Waals surface area (Å²) in [4.78, 5) is 18.1. The number of aromatic nitrogens is 1. The summed E-state index contributed by atoms with van der Waals surface area (Å²) in [5.74, 6) is -0.00236. The minimum atomic E-state index is -0.00236. The zero-order valence-corrected chi connectivity index (χ0v) is 10.8. The van der Waals surface area contributed by atoms with Gasteiger partial charge in [-0.3, -0.25) is 9.78 Å². The molecule has 0 aromatic carbocycles. The number of pyridine rings is 1. The Hall–Kier alpha value is -1.03. The van der Waals surface area contributed by atoms with Crippen molar-refractivity contribution in [2.75, 3.05) is 20.4 Å². The minimum Gasteiger partial charge on any atom is -0.345 e. The molecule has 1 rings (SSSR count). The quantitative estimate of drug-likeness (QED) is 0.727. The number of carbonyl (C=O) groups excluding carboxylic acids is 1. The van der Waals surface area contributed by atoms with Crippen LogP contribution in [0.4, 0.5) is 0 Å². The average Bonchev–Trinajstić information content (AvgIpc) is 2.30. The van der Waals surface area contributed by atoms with Gasteiger partial charge in [0.05, 0.1) is 5.56 Å². The zero-order chi connectivity index (χ0) is 11.8. The van der Waals surface area contributed by atoms with Crippen molar-refractivity contribution in [1.29, 1.82) is 0 Å². The van der Waals surface area contributed by atoms with E-state index in [-0.39, 0.29) is 5.91 Å². The van der Waals surface area contributed by atoms with Crippen LogP contribution >= 0.6 is 11.8 Å². The molecule has 0 spiro atoms. The lowest BCUT2D eigenvalue weighted by Crippen LogP contribution is -2.22. The molecule has 0 N–H and O–H groups in total. The molecule has 0 aliphatic carbocycles. The number of hydrogen-bond donors (Lipinski definition) is 0. The molecule has 3 nitrogen and oxygen atoms in total. The third-order valence-electron chi connectivity index (χ3n) is 1.64. The molecule has 0 saturated heterocycles. The van der Waals surface area contributed by atoms with Crippen LogP contribution in [-0.2, 0) is 0 Å². The van der Waals surface area contributed by atoms with Crippen molar-refractivity contribution in [3.63, 3.8) is 0 Å². The Bertz CT molecular complexity index is 313.